The van der Waals surface area contributed by atoms with E-state index in [1.54, 1.807) is 0 Å². The van der Waals surface area contributed by atoms with Gasteiger partial charge in [0.05, 0.1) is 19.8 Å². The molecular weight excluding hydrogens is 331 g/mol. The fourth-order valence-corrected chi connectivity index (χ4v) is 2.47. The fourth-order valence-electron chi connectivity index (χ4n) is 1.63. The van der Waals surface area contributed by atoms with E-state index in [-0.39, 0.29) is 32.1 Å². The third kappa shape index (κ3) is 9.65. The molecule has 0 aliphatic carbocycles. The van der Waals surface area contributed by atoms with Crippen molar-refractivity contribution >= 4 is 19.7 Å². The summed E-state index contributed by atoms with van der Waals surface area (Å²) in [5.74, 6) is -0.873. The summed E-state index contributed by atoms with van der Waals surface area (Å²) < 4.78 is 25.4. The third-order valence-corrected chi connectivity index (χ3v) is 3.78. The van der Waals surface area contributed by atoms with Gasteiger partial charge in [-0.05, 0) is 19.3 Å². The summed E-state index contributed by atoms with van der Waals surface area (Å²) in [6.45, 7) is 0.828. The minimum Gasteiger partial charge on any atom is -0.368 e. The number of hydrogen-bond acceptors (Lipinski definition) is 9. The molecule has 1 atom stereocenters. The van der Waals surface area contributed by atoms with Crippen LogP contribution in [0.1, 0.15) is 38.5 Å². The van der Waals surface area contributed by atoms with E-state index >= 15 is 0 Å². The van der Waals surface area contributed by atoms with Gasteiger partial charge in [-0.25, -0.2) is 14.3 Å². The van der Waals surface area contributed by atoms with Crippen LogP contribution in [0.15, 0.2) is 0 Å². The van der Waals surface area contributed by atoms with Gasteiger partial charge in [-0.1, -0.05) is 12.8 Å². The lowest BCUT2D eigenvalue weighted by molar-refractivity contribution is -0.283. The van der Waals surface area contributed by atoms with Crippen LogP contribution in [0.2, 0.25) is 0 Å². The second-order valence-corrected chi connectivity index (χ2v) is 6.15. The molecule has 0 aromatic carbocycles. The van der Waals surface area contributed by atoms with Gasteiger partial charge in [0, 0.05) is 13.0 Å². The Bertz CT molecular complexity index is 420. The second-order valence-electron chi connectivity index (χ2n) is 4.78. The van der Waals surface area contributed by atoms with Crippen LogP contribution in [-0.4, -0.2) is 38.2 Å². The lowest BCUT2D eigenvalue weighted by Gasteiger charge is -2.17. The first-order valence-corrected chi connectivity index (χ1v) is 8.93. The van der Waals surface area contributed by atoms with Crippen LogP contribution in [0.4, 0.5) is 0 Å². The topological polar surface area (TPSA) is 135 Å². The van der Waals surface area contributed by atoms with Crippen LogP contribution in [0.5, 0.6) is 0 Å². The Hall–Kier alpha value is -1.03. The van der Waals surface area contributed by atoms with Crippen molar-refractivity contribution in [2.75, 3.05) is 26.3 Å². The van der Waals surface area contributed by atoms with E-state index in [1.807, 2.05) is 0 Å². The van der Waals surface area contributed by atoms with Crippen molar-refractivity contribution in [1.29, 1.82) is 0 Å². The van der Waals surface area contributed by atoms with Crippen molar-refractivity contribution in [3.05, 3.63) is 0 Å². The molecule has 0 radical (unpaired) electrons. The van der Waals surface area contributed by atoms with Crippen molar-refractivity contribution in [3.8, 4) is 0 Å². The first kappa shape index (κ1) is 20.0. The molecule has 0 bridgehead atoms. The molecule has 1 unspecified atom stereocenters. The zero-order valence-corrected chi connectivity index (χ0v) is 13.8. The highest BCUT2D eigenvalue weighted by Gasteiger charge is 2.36. The number of hydrogen-bond donors (Lipinski definition) is 2. The van der Waals surface area contributed by atoms with Gasteiger partial charge in [0.2, 0.25) is 5.91 Å². The van der Waals surface area contributed by atoms with Crippen LogP contribution in [0.3, 0.4) is 0 Å². The molecule has 1 heterocycles. The smallest absolute Gasteiger partial charge is 0.368 e. The number of unbranched alkanes of at least 4 members (excludes halogenated alkanes) is 3. The highest BCUT2D eigenvalue weighted by Crippen LogP contribution is 2.51. The summed E-state index contributed by atoms with van der Waals surface area (Å²) >= 11 is 0. The monoisotopic (exact) mass is 354 g/mol. The standard InChI is InChI=1S/C12H23N2O8P/c13-10-11(15)14-7-3-1-2-4-8-18-21-23(17)20-12(16)6-5-9-19-22-23/h1-10,13H2,(H,14,15). The first-order chi connectivity index (χ1) is 11.1. The van der Waals surface area contributed by atoms with Gasteiger partial charge >= 0.3 is 13.8 Å². The van der Waals surface area contributed by atoms with Crippen molar-refractivity contribution in [3.63, 3.8) is 0 Å². The molecule has 0 saturated carbocycles. The molecule has 134 valence electrons. The summed E-state index contributed by atoms with van der Waals surface area (Å²) in [7, 11) is -4.17. The molecule has 11 heteroatoms. The lowest BCUT2D eigenvalue weighted by Crippen LogP contribution is -2.30. The van der Waals surface area contributed by atoms with E-state index in [2.05, 4.69) is 24.1 Å². The van der Waals surface area contributed by atoms with Gasteiger partial charge in [0.1, 0.15) is 0 Å². The zero-order chi connectivity index (χ0) is 17.0. The molecule has 1 saturated heterocycles. The summed E-state index contributed by atoms with van der Waals surface area (Å²) in [5, 5.41) is 2.66. The Kier molecular flexibility index (Phi) is 10.0. The fraction of sp³-hybridized carbons (Fsp3) is 0.833. The molecule has 1 rings (SSSR count). The second kappa shape index (κ2) is 11.5. The predicted molar refractivity (Wildman–Crippen MR) is 77.5 cm³/mol. The first-order valence-electron chi connectivity index (χ1n) is 7.47. The van der Waals surface area contributed by atoms with E-state index in [4.69, 9.17) is 10.6 Å². The molecular formula is C12H23N2O8P. The average Bonchev–Trinajstić information content (AvgIpc) is 2.51. The molecule has 23 heavy (non-hydrogen) atoms. The van der Waals surface area contributed by atoms with Crippen molar-refractivity contribution in [1.82, 2.24) is 5.32 Å². The Balaban J connectivity index is 2.04. The van der Waals surface area contributed by atoms with Crippen molar-refractivity contribution in [2.24, 2.45) is 5.73 Å². The molecule has 1 amide bonds. The number of carbonyl (C=O) groups is 2. The number of amides is 1. The van der Waals surface area contributed by atoms with Gasteiger partial charge in [-0.15, -0.1) is 9.35 Å². The average molecular weight is 354 g/mol. The quantitative estimate of drug-likeness (QED) is 0.254. The van der Waals surface area contributed by atoms with Gasteiger partial charge in [-0.3, -0.25) is 9.59 Å². The number of rotatable bonds is 10. The lowest BCUT2D eigenvalue weighted by atomic mass is 10.2. The largest absolute Gasteiger partial charge is 0.587 e. The third-order valence-electron chi connectivity index (χ3n) is 2.77. The van der Waals surface area contributed by atoms with Crippen molar-refractivity contribution < 1.29 is 37.8 Å². The van der Waals surface area contributed by atoms with Crippen LogP contribution in [0.25, 0.3) is 0 Å². The van der Waals surface area contributed by atoms with Crippen LogP contribution >= 0.6 is 7.82 Å². The van der Waals surface area contributed by atoms with Crippen LogP contribution < -0.4 is 11.1 Å². The number of nitrogens with one attached hydrogen (secondary N) is 1. The summed E-state index contributed by atoms with van der Waals surface area (Å²) in [5.41, 5.74) is 5.15. The molecule has 0 aromatic heterocycles. The molecule has 1 aliphatic heterocycles. The normalized spacial score (nSPS) is 22.0. The van der Waals surface area contributed by atoms with E-state index in [1.165, 1.54) is 0 Å². The van der Waals surface area contributed by atoms with Gasteiger partial charge < -0.3 is 15.6 Å². The Morgan fingerprint density at radius 3 is 2.87 bits per heavy atom. The summed E-state index contributed by atoms with van der Waals surface area (Å²) in [4.78, 5) is 31.5. The Morgan fingerprint density at radius 1 is 1.30 bits per heavy atom. The maximum absolute atomic E-state index is 11.9. The number of nitrogens with two attached hydrogens (primary N) is 1. The van der Waals surface area contributed by atoms with Crippen molar-refractivity contribution in [2.45, 2.75) is 38.5 Å². The molecule has 1 aliphatic rings. The predicted octanol–water partition coefficient (Wildman–Crippen LogP) is 0.963. The molecule has 3 N–H and O–H groups in total. The molecule has 0 aromatic rings. The van der Waals surface area contributed by atoms with Gasteiger partial charge in [-0.2, -0.15) is 0 Å². The number of phosphoric acid groups is 1. The van der Waals surface area contributed by atoms with E-state index in [9.17, 15) is 14.2 Å². The summed E-state index contributed by atoms with van der Waals surface area (Å²) in [6.07, 6.45) is 3.63. The van der Waals surface area contributed by atoms with E-state index in [0.717, 1.165) is 19.3 Å². The number of carbonyl (C=O) groups excluding carboxylic acids is 2. The van der Waals surface area contributed by atoms with E-state index in [0.29, 0.717) is 19.4 Å². The van der Waals surface area contributed by atoms with Gasteiger partial charge in [0.25, 0.3) is 0 Å². The van der Waals surface area contributed by atoms with Crippen LogP contribution in [0, 0.1) is 0 Å². The molecule has 0 spiro atoms. The highest BCUT2D eigenvalue weighted by molar-refractivity contribution is 7.48. The molecule has 10 nitrogen and oxygen atoms in total. The van der Waals surface area contributed by atoms with E-state index < -0.39 is 13.8 Å². The molecule has 1 fully saturated rings. The minimum absolute atomic E-state index is 0.0123. The van der Waals surface area contributed by atoms with Crippen LogP contribution in [-0.2, 0) is 37.8 Å². The summed E-state index contributed by atoms with van der Waals surface area (Å²) in [6, 6.07) is 0. The maximum atomic E-state index is 11.9. The maximum Gasteiger partial charge on any atom is 0.587 e. The van der Waals surface area contributed by atoms with Gasteiger partial charge in [0.15, 0.2) is 0 Å². The highest BCUT2D eigenvalue weighted by atomic mass is 31.2. The SMILES string of the molecule is NCC(=O)NCCCCCCOOP1(=O)OOCCCC(=O)O1. The Morgan fingerprint density at radius 2 is 2.09 bits per heavy atom. The Labute approximate surface area is 134 Å². The zero-order valence-electron chi connectivity index (χ0n) is 12.9. The minimum atomic E-state index is -4.17.